The van der Waals surface area contributed by atoms with Gasteiger partial charge in [-0.1, -0.05) is 60.4 Å². The number of aliphatic imine (C=N–C) groups is 1. The molecule has 1 unspecified atom stereocenters. The maximum absolute atomic E-state index is 12.2. The molecule has 2 amide bonds. The van der Waals surface area contributed by atoms with E-state index in [9.17, 15) is 9.59 Å². The normalized spacial score (nSPS) is 19.0. The fourth-order valence-electron chi connectivity index (χ4n) is 1.87. The zero-order valence-corrected chi connectivity index (χ0v) is 16.1. The van der Waals surface area contributed by atoms with Crippen LogP contribution in [0.25, 0.3) is 0 Å². The van der Waals surface area contributed by atoms with E-state index in [1.54, 1.807) is 0 Å². The smallest absolute Gasteiger partial charge is 0.240 e. The van der Waals surface area contributed by atoms with E-state index in [-0.39, 0.29) is 28.3 Å². The molecule has 1 aromatic rings. The molecule has 0 aliphatic carbocycles. The van der Waals surface area contributed by atoms with Crippen LogP contribution in [0.4, 0.5) is 5.69 Å². The van der Waals surface area contributed by atoms with Crippen molar-refractivity contribution < 1.29 is 9.59 Å². The summed E-state index contributed by atoms with van der Waals surface area (Å²) in [7, 11) is 0. The molecule has 24 heavy (non-hydrogen) atoms. The van der Waals surface area contributed by atoms with Crippen LogP contribution in [-0.2, 0) is 9.59 Å². The van der Waals surface area contributed by atoms with E-state index in [0.29, 0.717) is 28.3 Å². The maximum atomic E-state index is 12.2. The van der Waals surface area contributed by atoms with Gasteiger partial charge in [0, 0.05) is 13.0 Å². The number of rotatable bonds is 5. The molecular weight excluding hydrogens is 393 g/mol. The lowest BCUT2D eigenvalue weighted by molar-refractivity contribution is -0.122. The summed E-state index contributed by atoms with van der Waals surface area (Å²) in [5.41, 5.74) is 0.355. The number of carbonyl (C=O) groups excluding carboxylic acids is 2. The second-order valence-electron chi connectivity index (χ2n) is 5.63. The average Bonchev–Trinajstić information content (AvgIpc) is 2.83. The minimum atomic E-state index is -0.516. The van der Waals surface area contributed by atoms with Gasteiger partial charge in [0.1, 0.15) is 5.25 Å². The van der Waals surface area contributed by atoms with Gasteiger partial charge in [-0.25, -0.2) is 0 Å². The predicted molar refractivity (Wildman–Crippen MR) is 101 cm³/mol. The Hall–Kier alpha value is -0.950. The van der Waals surface area contributed by atoms with Crippen molar-refractivity contribution >= 4 is 69.2 Å². The second-order valence-corrected chi connectivity index (χ2v) is 8.05. The molecule has 1 atom stereocenters. The molecule has 1 aromatic carbocycles. The van der Waals surface area contributed by atoms with Crippen molar-refractivity contribution in [2.75, 3.05) is 11.9 Å². The molecule has 2 rings (SSSR count). The fourth-order valence-corrected chi connectivity index (χ4v) is 3.44. The Bertz CT molecular complexity index is 695. The molecule has 1 aliphatic heterocycles. The summed E-state index contributed by atoms with van der Waals surface area (Å²) in [6.07, 6.45) is 0.00771. The van der Waals surface area contributed by atoms with Gasteiger partial charge in [-0.15, -0.1) is 0 Å². The van der Waals surface area contributed by atoms with E-state index in [2.05, 4.69) is 15.6 Å². The van der Waals surface area contributed by atoms with Crippen molar-refractivity contribution in [2.45, 2.75) is 25.5 Å². The first-order chi connectivity index (χ1) is 11.3. The SMILES string of the molecule is CC(C)CN=C1NC(=O)C(CC(=O)Nc2cc(Cl)c(Cl)cc2Cl)S1. The maximum Gasteiger partial charge on any atom is 0.240 e. The molecule has 1 fully saturated rings. The molecule has 5 nitrogen and oxygen atoms in total. The van der Waals surface area contributed by atoms with Crippen LogP contribution in [0.5, 0.6) is 0 Å². The monoisotopic (exact) mass is 407 g/mol. The Kier molecular flexibility index (Phi) is 6.80. The van der Waals surface area contributed by atoms with E-state index >= 15 is 0 Å². The van der Waals surface area contributed by atoms with Gasteiger partial charge in [0.25, 0.3) is 0 Å². The summed E-state index contributed by atoms with van der Waals surface area (Å²) in [4.78, 5) is 28.4. The molecule has 0 radical (unpaired) electrons. The lowest BCUT2D eigenvalue weighted by Gasteiger charge is -2.10. The van der Waals surface area contributed by atoms with Crippen LogP contribution >= 0.6 is 46.6 Å². The van der Waals surface area contributed by atoms with Gasteiger partial charge in [-0.3, -0.25) is 14.6 Å². The minimum Gasteiger partial charge on any atom is -0.325 e. The zero-order chi connectivity index (χ0) is 17.9. The summed E-state index contributed by atoms with van der Waals surface area (Å²) in [6, 6.07) is 2.93. The van der Waals surface area contributed by atoms with Gasteiger partial charge in [0.05, 0.1) is 20.8 Å². The summed E-state index contributed by atoms with van der Waals surface area (Å²) >= 11 is 19.0. The zero-order valence-electron chi connectivity index (χ0n) is 13.0. The van der Waals surface area contributed by atoms with E-state index < -0.39 is 5.25 Å². The Labute approximate surface area is 159 Å². The predicted octanol–water partition coefficient (Wildman–Crippen LogP) is 4.22. The quantitative estimate of drug-likeness (QED) is 0.717. The van der Waals surface area contributed by atoms with Gasteiger partial charge in [0.2, 0.25) is 11.8 Å². The highest BCUT2D eigenvalue weighted by Gasteiger charge is 2.32. The third-order valence-electron chi connectivity index (χ3n) is 3.03. The van der Waals surface area contributed by atoms with Gasteiger partial charge >= 0.3 is 0 Å². The third-order valence-corrected chi connectivity index (χ3v) is 5.19. The molecule has 1 heterocycles. The molecule has 1 saturated heterocycles. The number of amides is 2. The highest BCUT2D eigenvalue weighted by Crippen LogP contribution is 2.32. The molecule has 9 heteroatoms. The average molecular weight is 409 g/mol. The lowest BCUT2D eigenvalue weighted by atomic mass is 10.2. The largest absolute Gasteiger partial charge is 0.325 e. The van der Waals surface area contributed by atoms with Gasteiger partial charge in [0.15, 0.2) is 5.17 Å². The number of benzene rings is 1. The Morgan fingerprint density at radius 3 is 2.62 bits per heavy atom. The number of carbonyl (C=O) groups is 2. The molecule has 130 valence electrons. The van der Waals surface area contributed by atoms with Crippen LogP contribution < -0.4 is 10.6 Å². The Morgan fingerprint density at radius 1 is 1.29 bits per heavy atom. The number of anilines is 1. The molecule has 0 spiro atoms. The summed E-state index contributed by atoms with van der Waals surface area (Å²) in [5.74, 6) is -0.167. The fraction of sp³-hybridized carbons (Fsp3) is 0.400. The first-order valence-corrected chi connectivity index (χ1v) is 9.24. The highest BCUT2D eigenvalue weighted by molar-refractivity contribution is 8.15. The van der Waals surface area contributed by atoms with Gasteiger partial charge < -0.3 is 10.6 Å². The molecule has 0 saturated carbocycles. The number of hydrogen-bond donors (Lipinski definition) is 2. The van der Waals surface area contributed by atoms with Gasteiger partial charge in [-0.05, 0) is 18.1 Å². The number of amidine groups is 1. The van der Waals surface area contributed by atoms with E-state index in [1.807, 2.05) is 13.8 Å². The molecule has 0 bridgehead atoms. The van der Waals surface area contributed by atoms with E-state index in [4.69, 9.17) is 34.8 Å². The van der Waals surface area contributed by atoms with Crippen molar-refractivity contribution in [3.8, 4) is 0 Å². The number of thioether (sulfide) groups is 1. The topological polar surface area (TPSA) is 70.6 Å². The number of nitrogens with zero attached hydrogens (tertiary/aromatic N) is 1. The van der Waals surface area contributed by atoms with Crippen LogP contribution in [-0.4, -0.2) is 28.8 Å². The van der Waals surface area contributed by atoms with Crippen LogP contribution in [0, 0.1) is 5.92 Å². The summed E-state index contributed by atoms with van der Waals surface area (Å²) in [6.45, 7) is 4.70. The molecule has 2 N–H and O–H groups in total. The first-order valence-electron chi connectivity index (χ1n) is 7.22. The van der Waals surface area contributed by atoms with Crippen LogP contribution in [0.1, 0.15) is 20.3 Å². The van der Waals surface area contributed by atoms with Gasteiger partial charge in [-0.2, -0.15) is 0 Å². The summed E-state index contributed by atoms with van der Waals surface area (Å²) in [5, 5.41) is 6.23. The minimum absolute atomic E-state index is 0.00771. The number of halogens is 3. The lowest BCUT2D eigenvalue weighted by Crippen LogP contribution is -2.28. The van der Waals surface area contributed by atoms with Crippen LogP contribution in [0.3, 0.4) is 0 Å². The van der Waals surface area contributed by atoms with Crippen molar-refractivity contribution in [3.05, 3.63) is 27.2 Å². The second kappa shape index (κ2) is 8.43. The Balaban J connectivity index is 1.97. The highest BCUT2D eigenvalue weighted by atomic mass is 35.5. The molecule has 0 aromatic heterocycles. The van der Waals surface area contributed by atoms with E-state index in [0.717, 1.165) is 0 Å². The molecule has 1 aliphatic rings. The van der Waals surface area contributed by atoms with Crippen molar-refractivity contribution in [3.63, 3.8) is 0 Å². The van der Waals surface area contributed by atoms with Crippen molar-refractivity contribution in [2.24, 2.45) is 10.9 Å². The van der Waals surface area contributed by atoms with E-state index in [1.165, 1.54) is 23.9 Å². The Morgan fingerprint density at radius 2 is 1.96 bits per heavy atom. The van der Waals surface area contributed by atoms with Crippen molar-refractivity contribution in [1.82, 2.24) is 5.32 Å². The van der Waals surface area contributed by atoms with Crippen LogP contribution in [0.2, 0.25) is 15.1 Å². The third kappa shape index (κ3) is 5.28. The van der Waals surface area contributed by atoms with Crippen LogP contribution in [0.15, 0.2) is 17.1 Å². The molecular formula is C15H16Cl3N3O2S. The van der Waals surface area contributed by atoms with Crippen molar-refractivity contribution in [1.29, 1.82) is 0 Å². The first kappa shape index (κ1) is 19.4. The number of hydrogen-bond acceptors (Lipinski definition) is 4. The number of nitrogens with one attached hydrogen (secondary N) is 2. The standard InChI is InChI=1S/C15H16Cl3N3O2S/c1-7(2)6-19-15-21-14(23)12(24-15)5-13(22)20-11-4-9(17)8(16)3-10(11)18/h3-4,7,12H,5-6H2,1-2H3,(H,20,22)(H,19,21,23). The summed E-state index contributed by atoms with van der Waals surface area (Å²) < 4.78 is 0.